The molecule has 3 aromatic carbocycles. The third-order valence-electron chi connectivity index (χ3n) is 6.19. The summed E-state index contributed by atoms with van der Waals surface area (Å²) in [7, 11) is -2.16. The van der Waals surface area contributed by atoms with Crippen molar-refractivity contribution in [3.8, 4) is 5.75 Å². The minimum Gasteiger partial charge on any atom is -0.497 e. The van der Waals surface area contributed by atoms with Crippen LogP contribution in [0.1, 0.15) is 29.5 Å². The Morgan fingerprint density at radius 2 is 1.88 bits per heavy atom. The Morgan fingerprint density at radius 1 is 1.06 bits per heavy atom. The fraction of sp³-hybridized carbons (Fsp3) is 0.200. The third kappa shape index (κ3) is 3.85. The molecule has 2 N–H and O–H groups in total. The molecule has 1 aliphatic heterocycles. The van der Waals surface area contributed by atoms with Crippen LogP contribution in [-0.4, -0.2) is 15.5 Å². The van der Waals surface area contributed by atoms with E-state index >= 15 is 0 Å². The van der Waals surface area contributed by atoms with Crippen LogP contribution < -0.4 is 14.8 Å². The maximum atomic E-state index is 13.1. The number of hydrogen-bond acceptors (Lipinski definition) is 4. The average Bonchev–Trinajstić information content (AvgIpc) is 3.29. The number of ether oxygens (including phenoxy) is 1. The van der Waals surface area contributed by atoms with Crippen molar-refractivity contribution in [2.45, 2.75) is 23.3 Å². The lowest BCUT2D eigenvalue weighted by Gasteiger charge is -2.37. The molecule has 1 aliphatic carbocycles. The van der Waals surface area contributed by atoms with Gasteiger partial charge in [0.25, 0.3) is 10.0 Å². The van der Waals surface area contributed by atoms with Crippen molar-refractivity contribution in [3.63, 3.8) is 0 Å². The average molecular weight is 467 g/mol. The van der Waals surface area contributed by atoms with Crippen LogP contribution in [0.2, 0.25) is 5.02 Å². The first kappa shape index (κ1) is 20.9. The highest BCUT2D eigenvalue weighted by Crippen LogP contribution is 2.50. The molecule has 0 saturated carbocycles. The SMILES string of the molecule is COc1ccc(NS(=O)(=O)c2ccc3c(c2)C2C=CCC2C(c2cccc(Cl)c2)N3)cc1. The lowest BCUT2D eigenvalue weighted by atomic mass is 9.77. The van der Waals surface area contributed by atoms with Crippen LogP contribution >= 0.6 is 11.6 Å². The molecule has 5 rings (SSSR count). The second kappa shape index (κ2) is 8.19. The van der Waals surface area contributed by atoms with E-state index in [2.05, 4.69) is 28.3 Å². The van der Waals surface area contributed by atoms with Crippen molar-refractivity contribution in [1.82, 2.24) is 0 Å². The van der Waals surface area contributed by atoms with Gasteiger partial charge in [0, 0.05) is 22.3 Å². The van der Waals surface area contributed by atoms with E-state index in [1.165, 1.54) is 0 Å². The molecule has 164 valence electrons. The summed E-state index contributed by atoms with van der Waals surface area (Å²) in [4.78, 5) is 0.245. The Kier molecular flexibility index (Phi) is 5.35. The number of hydrogen-bond donors (Lipinski definition) is 2. The lowest BCUT2D eigenvalue weighted by Crippen LogP contribution is -2.29. The fourth-order valence-corrected chi connectivity index (χ4v) is 5.94. The van der Waals surface area contributed by atoms with Crippen molar-refractivity contribution < 1.29 is 13.2 Å². The summed E-state index contributed by atoms with van der Waals surface area (Å²) in [6.45, 7) is 0. The molecule has 3 aromatic rings. The Hall–Kier alpha value is -2.96. The molecule has 3 unspecified atom stereocenters. The number of nitrogens with one attached hydrogen (secondary N) is 2. The van der Waals surface area contributed by atoms with Crippen molar-refractivity contribution in [2.24, 2.45) is 5.92 Å². The van der Waals surface area contributed by atoms with E-state index in [1.807, 2.05) is 24.3 Å². The molecular formula is C25H23ClN2O3S. The first-order valence-corrected chi connectivity index (χ1v) is 12.3. The van der Waals surface area contributed by atoms with E-state index in [0.717, 1.165) is 23.2 Å². The molecule has 0 bridgehead atoms. The summed E-state index contributed by atoms with van der Waals surface area (Å²) in [6.07, 6.45) is 5.30. The zero-order valence-electron chi connectivity index (χ0n) is 17.5. The van der Waals surface area contributed by atoms with Gasteiger partial charge in [-0.25, -0.2) is 8.42 Å². The monoisotopic (exact) mass is 466 g/mol. The van der Waals surface area contributed by atoms with Gasteiger partial charge in [-0.3, -0.25) is 4.72 Å². The highest BCUT2D eigenvalue weighted by atomic mass is 35.5. The number of sulfonamides is 1. The maximum absolute atomic E-state index is 13.1. The topological polar surface area (TPSA) is 67.4 Å². The van der Waals surface area contributed by atoms with E-state index in [9.17, 15) is 8.42 Å². The van der Waals surface area contributed by atoms with Crippen molar-refractivity contribution in [3.05, 3.63) is 95.0 Å². The maximum Gasteiger partial charge on any atom is 0.261 e. The molecule has 0 saturated heterocycles. The lowest BCUT2D eigenvalue weighted by molar-refractivity contribution is 0.415. The number of anilines is 2. The van der Waals surface area contributed by atoms with E-state index in [1.54, 1.807) is 43.5 Å². The van der Waals surface area contributed by atoms with Gasteiger partial charge in [0.15, 0.2) is 0 Å². The Bertz CT molecular complexity index is 1290. The second-order valence-electron chi connectivity index (χ2n) is 8.11. The largest absolute Gasteiger partial charge is 0.497 e. The van der Waals surface area contributed by atoms with Gasteiger partial charge in [-0.15, -0.1) is 0 Å². The molecule has 0 fully saturated rings. The molecule has 3 atom stereocenters. The molecule has 0 radical (unpaired) electrons. The Labute approximate surface area is 193 Å². The summed E-state index contributed by atoms with van der Waals surface area (Å²) in [5.74, 6) is 1.11. The molecule has 0 spiro atoms. The fourth-order valence-electron chi connectivity index (χ4n) is 4.64. The van der Waals surface area contributed by atoms with Gasteiger partial charge in [0.2, 0.25) is 0 Å². The molecule has 5 nitrogen and oxygen atoms in total. The first-order valence-electron chi connectivity index (χ1n) is 10.4. The number of benzene rings is 3. The summed E-state index contributed by atoms with van der Waals surface area (Å²) in [6, 6.07) is 20.1. The molecule has 32 heavy (non-hydrogen) atoms. The predicted molar refractivity (Wildman–Crippen MR) is 128 cm³/mol. The van der Waals surface area contributed by atoms with Gasteiger partial charge < -0.3 is 10.1 Å². The van der Waals surface area contributed by atoms with Crippen LogP contribution in [-0.2, 0) is 10.0 Å². The number of fused-ring (bicyclic) bond motifs is 3. The second-order valence-corrected chi connectivity index (χ2v) is 10.2. The number of methoxy groups -OCH3 is 1. The zero-order valence-corrected chi connectivity index (χ0v) is 19.0. The highest BCUT2D eigenvalue weighted by molar-refractivity contribution is 7.92. The Balaban J connectivity index is 1.46. The van der Waals surface area contributed by atoms with Crippen LogP contribution in [0.5, 0.6) is 5.75 Å². The van der Waals surface area contributed by atoms with E-state index < -0.39 is 10.0 Å². The number of halogens is 1. The zero-order chi connectivity index (χ0) is 22.3. The summed E-state index contributed by atoms with van der Waals surface area (Å²) < 4.78 is 33.9. The van der Waals surface area contributed by atoms with E-state index in [-0.39, 0.29) is 16.9 Å². The van der Waals surface area contributed by atoms with Crippen LogP contribution in [0, 0.1) is 5.92 Å². The normalized spacial score (nSPS) is 21.4. The minimum atomic E-state index is -3.73. The van der Waals surface area contributed by atoms with Gasteiger partial charge in [-0.1, -0.05) is 35.9 Å². The molecule has 7 heteroatoms. The number of allylic oxidation sites excluding steroid dienone is 2. The van der Waals surface area contributed by atoms with Crippen LogP contribution in [0.15, 0.2) is 83.8 Å². The summed E-state index contributed by atoms with van der Waals surface area (Å²) in [5.41, 5.74) is 3.58. The molecule has 1 heterocycles. The van der Waals surface area contributed by atoms with Gasteiger partial charge in [-0.2, -0.15) is 0 Å². The van der Waals surface area contributed by atoms with Crippen molar-refractivity contribution in [1.29, 1.82) is 0 Å². The highest BCUT2D eigenvalue weighted by Gasteiger charge is 2.38. The molecule has 2 aliphatic rings. The minimum absolute atomic E-state index is 0.112. The van der Waals surface area contributed by atoms with Crippen LogP contribution in [0.4, 0.5) is 11.4 Å². The van der Waals surface area contributed by atoms with Gasteiger partial charge in [0.1, 0.15) is 5.75 Å². The smallest absolute Gasteiger partial charge is 0.261 e. The van der Waals surface area contributed by atoms with Crippen LogP contribution in [0.25, 0.3) is 0 Å². The van der Waals surface area contributed by atoms with Crippen molar-refractivity contribution in [2.75, 3.05) is 17.1 Å². The van der Waals surface area contributed by atoms with Gasteiger partial charge >= 0.3 is 0 Å². The standard InChI is InChI=1S/C25H23ClN2O3S/c1-31-19-10-8-18(9-11-19)28-32(29,30)20-12-13-24-23(15-20)21-6-3-7-22(21)25(27-24)16-4-2-5-17(26)14-16/h2-6,8-15,21-22,25,27-28H,7H2,1H3. The Morgan fingerprint density at radius 3 is 2.62 bits per heavy atom. The first-order chi connectivity index (χ1) is 15.4. The van der Waals surface area contributed by atoms with Gasteiger partial charge in [-0.05, 0) is 78.1 Å². The molecule has 0 aromatic heterocycles. The van der Waals surface area contributed by atoms with Crippen molar-refractivity contribution >= 4 is 33.0 Å². The van der Waals surface area contributed by atoms with E-state index in [4.69, 9.17) is 16.3 Å². The molecule has 0 amide bonds. The van der Waals surface area contributed by atoms with Gasteiger partial charge in [0.05, 0.1) is 18.0 Å². The number of rotatable bonds is 5. The van der Waals surface area contributed by atoms with Crippen LogP contribution in [0.3, 0.4) is 0 Å². The quantitative estimate of drug-likeness (QED) is 0.454. The summed E-state index contributed by atoms with van der Waals surface area (Å²) in [5, 5.41) is 4.34. The third-order valence-corrected chi connectivity index (χ3v) is 7.81. The van der Waals surface area contributed by atoms with E-state index in [0.29, 0.717) is 22.4 Å². The molecular weight excluding hydrogens is 444 g/mol. The predicted octanol–water partition coefficient (Wildman–Crippen LogP) is 5.98. The summed E-state index contributed by atoms with van der Waals surface area (Å²) >= 11 is 6.24.